The molecule has 7 nitrogen and oxygen atoms in total. The molecule has 0 saturated carbocycles. The zero-order valence-corrected chi connectivity index (χ0v) is 15.9. The van der Waals surface area contributed by atoms with Gasteiger partial charge in [-0.15, -0.1) is 0 Å². The zero-order valence-electron chi connectivity index (χ0n) is 15.9. The van der Waals surface area contributed by atoms with Gasteiger partial charge in [0.25, 0.3) is 5.91 Å². The van der Waals surface area contributed by atoms with Crippen LogP contribution in [0.5, 0.6) is 0 Å². The average molecular weight is 372 g/mol. The van der Waals surface area contributed by atoms with E-state index in [4.69, 9.17) is 4.74 Å². The molecule has 4 heterocycles. The van der Waals surface area contributed by atoms with Crippen molar-refractivity contribution in [2.75, 3.05) is 45.2 Å². The van der Waals surface area contributed by atoms with Crippen molar-refractivity contribution in [2.24, 2.45) is 5.41 Å². The van der Waals surface area contributed by atoms with E-state index in [9.17, 15) is 9.59 Å². The van der Waals surface area contributed by atoms with Crippen molar-refractivity contribution in [3.63, 3.8) is 0 Å². The van der Waals surface area contributed by atoms with E-state index in [1.54, 1.807) is 25.4 Å². The molecular formula is C20H28N4O3. The van der Waals surface area contributed by atoms with Gasteiger partial charge in [-0.05, 0) is 44.2 Å². The van der Waals surface area contributed by atoms with Gasteiger partial charge in [0.05, 0.1) is 5.41 Å². The van der Waals surface area contributed by atoms with Crippen LogP contribution in [0.2, 0.25) is 0 Å². The van der Waals surface area contributed by atoms with Gasteiger partial charge in [0.2, 0.25) is 5.91 Å². The highest BCUT2D eigenvalue weighted by Gasteiger charge is 2.50. The summed E-state index contributed by atoms with van der Waals surface area (Å²) >= 11 is 0. The lowest BCUT2D eigenvalue weighted by Gasteiger charge is -2.44. The first-order chi connectivity index (χ1) is 13.1. The fourth-order valence-corrected chi connectivity index (χ4v) is 4.75. The monoisotopic (exact) mass is 372 g/mol. The van der Waals surface area contributed by atoms with E-state index in [2.05, 4.69) is 15.2 Å². The van der Waals surface area contributed by atoms with Crippen molar-refractivity contribution in [1.29, 1.82) is 0 Å². The summed E-state index contributed by atoms with van der Waals surface area (Å²) in [5, 5.41) is 2.97. The normalized spacial score (nSPS) is 26.6. The Morgan fingerprint density at radius 2 is 2.11 bits per heavy atom. The van der Waals surface area contributed by atoms with Crippen LogP contribution in [0.4, 0.5) is 5.82 Å². The highest BCUT2D eigenvalue weighted by Crippen LogP contribution is 2.41. The number of likely N-dealkylation sites (tertiary alicyclic amines) is 2. The maximum absolute atomic E-state index is 13.4. The predicted octanol–water partition coefficient (Wildman–Crippen LogP) is 1.76. The number of amides is 2. The number of carbonyl (C=O) groups excluding carboxylic acids is 2. The standard InChI is InChI=1S/C20H28N4O3/c1-21-17-13-15(3-8-22-17)18(25)23-10-7-20(14-23)6-2-9-24(19(20)26)16-4-11-27-12-5-16/h3,8,13,16H,2,4-7,9-12,14H2,1H3,(H,21,22)/t20-/m0/s1. The minimum Gasteiger partial charge on any atom is -0.381 e. The Labute approximate surface area is 160 Å². The van der Waals surface area contributed by atoms with Gasteiger partial charge >= 0.3 is 0 Å². The van der Waals surface area contributed by atoms with Crippen LogP contribution in [0.1, 0.15) is 42.5 Å². The van der Waals surface area contributed by atoms with Crippen molar-refractivity contribution < 1.29 is 14.3 Å². The number of hydrogen-bond donors (Lipinski definition) is 1. The van der Waals surface area contributed by atoms with Crippen LogP contribution in [-0.2, 0) is 9.53 Å². The molecule has 0 aliphatic carbocycles. The quantitative estimate of drug-likeness (QED) is 0.875. The molecule has 7 heteroatoms. The Bertz CT molecular complexity index is 719. The van der Waals surface area contributed by atoms with E-state index in [-0.39, 0.29) is 11.8 Å². The minimum absolute atomic E-state index is 0.0123. The number of ether oxygens (including phenoxy) is 1. The van der Waals surface area contributed by atoms with E-state index < -0.39 is 5.41 Å². The van der Waals surface area contributed by atoms with Gasteiger partial charge < -0.3 is 19.9 Å². The molecule has 0 unspecified atom stereocenters. The van der Waals surface area contributed by atoms with E-state index in [1.165, 1.54) is 0 Å². The molecule has 146 valence electrons. The molecule has 3 fully saturated rings. The molecule has 1 spiro atoms. The van der Waals surface area contributed by atoms with Gasteiger partial charge in [-0.3, -0.25) is 9.59 Å². The summed E-state index contributed by atoms with van der Waals surface area (Å²) in [5.41, 5.74) is 0.224. The Balaban J connectivity index is 1.48. The third-order valence-electron chi connectivity index (χ3n) is 6.30. The summed E-state index contributed by atoms with van der Waals surface area (Å²) in [7, 11) is 1.78. The Kier molecular flexibility index (Phi) is 5.04. The Morgan fingerprint density at radius 3 is 2.89 bits per heavy atom. The number of anilines is 1. The lowest BCUT2D eigenvalue weighted by Crippen LogP contribution is -2.55. The molecular weight excluding hydrogens is 344 g/mol. The molecule has 3 aliphatic heterocycles. The molecule has 3 saturated heterocycles. The van der Waals surface area contributed by atoms with E-state index in [0.29, 0.717) is 30.5 Å². The van der Waals surface area contributed by atoms with Crippen LogP contribution >= 0.6 is 0 Å². The van der Waals surface area contributed by atoms with Gasteiger partial charge in [0, 0.05) is 57.7 Å². The number of carbonyl (C=O) groups is 2. The fourth-order valence-electron chi connectivity index (χ4n) is 4.75. The molecule has 0 radical (unpaired) electrons. The van der Waals surface area contributed by atoms with Crippen molar-refractivity contribution in [1.82, 2.24) is 14.8 Å². The van der Waals surface area contributed by atoms with Crippen molar-refractivity contribution in [2.45, 2.75) is 38.1 Å². The van der Waals surface area contributed by atoms with Gasteiger partial charge in [-0.25, -0.2) is 4.98 Å². The summed E-state index contributed by atoms with van der Waals surface area (Å²) in [5.74, 6) is 0.914. The van der Waals surface area contributed by atoms with E-state index in [0.717, 1.165) is 51.9 Å². The second kappa shape index (κ2) is 7.46. The number of rotatable bonds is 3. The van der Waals surface area contributed by atoms with Crippen molar-refractivity contribution in [3.8, 4) is 0 Å². The number of hydrogen-bond acceptors (Lipinski definition) is 5. The van der Waals surface area contributed by atoms with Gasteiger partial charge in [-0.1, -0.05) is 0 Å². The maximum atomic E-state index is 13.4. The summed E-state index contributed by atoms with van der Waals surface area (Å²) in [6.07, 6.45) is 6.16. The molecule has 2 amide bonds. The van der Waals surface area contributed by atoms with Crippen LogP contribution < -0.4 is 5.32 Å². The van der Waals surface area contributed by atoms with E-state index >= 15 is 0 Å². The lowest BCUT2D eigenvalue weighted by molar-refractivity contribution is -0.150. The molecule has 4 rings (SSSR count). The highest BCUT2D eigenvalue weighted by atomic mass is 16.5. The zero-order chi connectivity index (χ0) is 18.9. The second-order valence-corrected chi connectivity index (χ2v) is 7.88. The molecule has 1 aromatic rings. The summed E-state index contributed by atoms with van der Waals surface area (Å²) in [6, 6.07) is 3.81. The molecule has 1 aromatic heterocycles. The minimum atomic E-state index is -0.398. The maximum Gasteiger partial charge on any atom is 0.254 e. The third-order valence-corrected chi connectivity index (χ3v) is 6.30. The molecule has 27 heavy (non-hydrogen) atoms. The Hall–Kier alpha value is -2.15. The third kappa shape index (κ3) is 3.40. The van der Waals surface area contributed by atoms with Crippen LogP contribution in [0.3, 0.4) is 0 Å². The number of nitrogens with zero attached hydrogens (tertiary/aromatic N) is 3. The number of pyridine rings is 1. The Morgan fingerprint density at radius 1 is 1.30 bits per heavy atom. The first-order valence-corrected chi connectivity index (χ1v) is 9.95. The summed E-state index contributed by atoms with van der Waals surface area (Å²) < 4.78 is 5.46. The fraction of sp³-hybridized carbons (Fsp3) is 0.650. The van der Waals surface area contributed by atoms with Crippen LogP contribution in [0, 0.1) is 5.41 Å². The lowest BCUT2D eigenvalue weighted by atomic mass is 9.77. The SMILES string of the molecule is CNc1cc(C(=O)N2CC[C@@]3(CCCN(C4CCOCC4)C3=O)C2)ccn1. The van der Waals surface area contributed by atoms with Gasteiger partial charge in [0.1, 0.15) is 5.82 Å². The van der Waals surface area contributed by atoms with Crippen molar-refractivity contribution in [3.05, 3.63) is 23.9 Å². The van der Waals surface area contributed by atoms with Crippen LogP contribution in [-0.4, -0.2) is 72.5 Å². The molecule has 1 atom stereocenters. The number of aromatic nitrogens is 1. The van der Waals surface area contributed by atoms with Crippen LogP contribution in [0.25, 0.3) is 0 Å². The second-order valence-electron chi connectivity index (χ2n) is 7.88. The first-order valence-electron chi connectivity index (χ1n) is 9.95. The summed E-state index contributed by atoms with van der Waals surface area (Å²) in [4.78, 5) is 34.4. The smallest absolute Gasteiger partial charge is 0.254 e. The number of piperidine rings is 1. The van der Waals surface area contributed by atoms with Gasteiger partial charge in [0.15, 0.2) is 0 Å². The highest BCUT2D eigenvalue weighted by molar-refractivity contribution is 5.96. The van der Waals surface area contributed by atoms with Crippen molar-refractivity contribution >= 4 is 17.6 Å². The number of nitrogens with one attached hydrogen (secondary N) is 1. The molecule has 0 bridgehead atoms. The summed E-state index contributed by atoms with van der Waals surface area (Å²) in [6.45, 7) is 3.49. The van der Waals surface area contributed by atoms with Crippen LogP contribution in [0.15, 0.2) is 18.3 Å². The topological polar surface area (TPSA) is 74.8 Å². The largest absolute Gasteiger partial charge is 0.381 e. The van der Waals surface area contributed by atoms with E-state index in [1.807, 2.05) is 4.90 Å². The molecule has 3 aliphatic rings. The molecule has 0 aromatic carbocycles. The van der Waals surface area contributed by atoms with Gasteiger partial charge in [-0.2, -0.15) is 0 Å². The average Bonchev–Trinajstić information content (AvgIpc) is 3.15. The molecule has 1 N–H and O–H groups in total. The first kappa shape index (κ1) is 18.2. The predicted molar refractivity (Wildman–Crippen MR) is 102 cm³/mol.